The van der Waals surface area contributed by atoms with Gasteiger partial charge in [0.15, 0.2) is 11.5 Å². The molecule has 7 heteroatoms. The fraction of sp³-hybridized carbons (Fsp3) is 0.222. The SMILES string of the molecule is CN(Cc1nc2ccc(F)cc2[nH]1)C(=O)c1cccc2c1OCCO2. The molecule has 128 valence electrons. The summed E-state index contributed by atoms with van der Waals surface area (Å²) in [6, 6.07) is 9.59. The standard InChI is InChI=1S/C18H16FN3O3/c1-22(10-16-20-13-6-5-11(19)9-14(13)21-16)18(23)12-3-2-4-15-17(12)25-8-7-24-15/h2-6,9H,7-8,10H2,1H3,(H,20,21). The average Bonchev–Trinajstić information content (AvgIpc) is 3.01. The van der Waals surface area contributed by atoms with Crippen LogP contribution in [0.2, 0.25) is 0 Å². The number of ether oxygens (including phenoxy) is 2. The maximum absolute atomic E-state index is 13.3. The number of fused-ring (bicyclic) bond motifs is 2. The second kappa shape index (κ2) is 6.08. The summed E-state index contributed by atoms with van der Waals surface area (Å²) in [6.07, 6.45) is 0. The highest BCUT2D eigenvalue weighted by Crippen LogP contribution is 2.34. The number of nitrogens with one attached hydrogen (secondary N) is 1. The minimum atomic E-state index is -0.333. The van der Waals surface area contributed by atoms with Gasteiger partial charge in [0.2, 0.25) is 0 Å². The van der Waals surface area contributed by atoms with E-state index in [0.717, 1.165) is 0 Å². The van der Waals surface area contributed by atoms with Gasteiger partial charge < -0.3 is 19.4 Å². The fourth-order valence-corrected chi connectivity index (χ4v) is 2.85. The van der Waals surface area contributed by atoms with Gasteiger partial charge in [-0.05, 0) is 30.3 Å². The van der Waals surface area contributed by atoms with E-state index in [0.29, 0.717) is 47.1 Å². The summed E-state index contributed by atoms with van der Waals surface area (Å²) >= 11 is 0. The van der Waals surface area contributed by atoms with Gasteiger partial charge >= 0.3 is 0 Å². The first-order valence-corrected chi connectivity index (χ1v) is 7.90. The Kier molecular flexibility index (Phi) is 3.76. The van der Waals surface area contributed by atoms with Crippen LogP contribution in [0, 0.1) is 5.82 Å². The van der Waals surface area contributed by atoms with Crippen molar-refractivity contribution in [2.45, 2.75) is 6.54 Å². The Labute approximate surface area is 143 Å². The Morgan fingerprint density at radius 2 is 2.12 bits per heavy atom. The smallest absolute Gasteiger partial charge is 0.257 e. The summed E-state index contributed by atoms with van der Waals surface area (Å²) in [7, 11) is 1.68. The lowest BCUT2D eigenvalue weighted by Crippen LogP contribution is -2.28. The topological polar surface area (TPSA) is 67.5 Å². The van der Waals surface area contributed by atoms with Gasteiger partial charge in [0.1, 0.15) is 24.9 Å². The van der Waals surface area contributed by atoms with Crippen LogP contribution in [0.5, 0.6) is 11.5 Å². The quantitative estimate of drug-likeness (QED) is 0.795. The summed E-state index contributed by atoms with van der Waals surface area (Å²) in [5.74, 6) is 1.09. The molecule has 0 unspecified atom stereocenters. The first kappa shape index (κ1) is 15.4. The average molecular weight is 341 g/mol. The molecule has 0 aliphatic carbocycles. The Balaban J connectivity index is 1.58. The van der Waals surface area contributed by atoms with Crippen molar-refractivity contribution in [2.24, 2.45) is 0 Å². The lowest BCUT2D eigenvalue weighted by atomic mass is 10.1. The van der Waals surface area contributed by atoms with Crippen molar-refractivity contribution in [1.29, 1.82) is 0 Å². The molecule has 1 amide bonds. The summed E-state index contributed by atoms with van der Waals surface area (Å²) in [5.41, 5.74) is 1.71. The number of amides is 1. The molecule has 0 saturated heterocycles. The van der Waals surface area contributed by atoms with Crippen molar-refractivity contribution in [2.75, 3.05) is 20.3 Å². The number of carbonyl (C=O) groups is 1. The van der Waals surface area contributed by atoms with Crippen molar-refractivity contribution in [3.8, 4) is 11.5 Å². The minimum Gasteiger partial charge on any atom is -0.486 e. The zero-order chi connectivity index (χ0) is 17.4. The van der Waals surface area contributed by atoms with Crippen molar-refractivity contribution in [3.63, 3.8) is 0 Å². The number of para-hydroxylation sites is 1. The van der Waals surface area contributed by atoms with Crippen molar-refractivity contribution < 1.29 is 18.7 Å². The number of halogens is 1. The lowest BCUT2D eigenvalue weighted by molar-refractivity contribution is 0.0771. The van der Waals surface area contributed by atoms with Gasteiger partial charge in [-0.25, -0.2) is 9.37 Å². The zero-order valence-corrected chi connectivity index (χ0v) is 13.6. The maximum Gasteiger partial charge on any atom is 0.257 e. The van der Waals surface area contributed by atoms with E-state index in [-0.39, 0.29) is 18.3 Å². The second-order valence-corrected chi connectivity index (χ2v) is 5.84. The Morgan fingerprint density at radius 1 is 1.28 bits per heavy atom. The molecule has 1 N–H and O–H groups in total. The van der Waals surface area contributed by atoms with Crippen LogP contribution >= 0.6 is 0 Å². The molecule has 1 aliphatic rings. The Morgan fingerprint density at radius 3 is 3.00 bits per heavy atom. The highest BCUT2D eigenvalue weighted by atomic mass is 19.1. The molecular weight excluding hydrogens is 325 g/mol. The Bertz CT molecular complexity index is 954. The normalized spacial score (nSPS) is 13.0. The molecule has 1 aromatic heterocycles. The van der Waals surface area contributed by atoms with Crippen LogP contribution in [-0.2, 0) is 6.54 Å². The first-order chi connectivity index (χ1) is 12.1. The van der Waals surface area contributed by atoms with E-state index in [1.807, 2.05) is 0 Å². The van der Waals surface area contributed by atoms with Gasteiger partial charge in [-0.1, -0.05) is 6.07 Å². The van der Waals surface area contributed by atoms with Crippen LogP contribution in [0.25, 0.3) is 11.0 Å². The largest absolute Gasteiger partial charge is 0.486 e. The molecule has 0 radical (unpaired) electrons. The molecule has 4 rings (SSSR count). The first-order valence-electron chi connectivity index (χ1n) is 7.90. The van der Waals surface area contributed by atoms with Crippen LogP contribution in [0.4, 0.5) is 4.39 Å². The molecule has 25 heavy (non-hydrogen) atoms. The molecule has 2 aromatic carbocycles. The molecule has 0 saturated carbocycles. The van der Waals surface area contributed by atoms with Gasteiger partial charge in [-0.3, -0.25) is 4.79 Å². The predicted octanol–water partition coefficient (Wildman–Crippen LogP) is 2.75. The second-order valence-electron chi connectivity index (χ2n) is 5.84. The molecule has 0 bridgehead atoms. The fourth-order valence-electron chi connectivity index (χ4n) is 2.85. The third-order valence-corrected chi connectivity index (χ3v) is 4.02. The molecule has 0 fully saturated rings. The number of nitrogens with zero attached hydrogens (tertiary/aromatic N) is 2. The monoisotopic (exact) mass is 341 g/mol. The van der Waals surface area contributed by atoms with E-state index in [9.17, 15) is 9.18 Å². The van der Waals surface area contributed by atoms with Gasteiger partial charge in [-0.2, -0.15) is 0 Å². The number of carbonyl (C=O) groups excluding carboxylic acids is 1. The molecule has 6 nitrogen and oxygen atoms in total. The molecule has 1 aliphatic heterocycles. The van der Waals surface area contributed by atoms with E-state index < -0.39 is 0 Å². The van der Waals surface area contributed by atoms with Crippen molar-refractivity contribution in [3.05, 3.63) is 53.6 Å². The third-order valence-electron chi connectivity index (χ3n) is 4.02. The van der Waals surface area contributed by atoms with E-state index in [1.165, 1.54) is 17.0 Å². The van der Waals surface area contributed by atoms with Gasteiger partial charge in [-0.15, -0.1) is 0 Å². The maximum atomic E-state index is 13.3. The molecule has 2 heterocycles. The van der Waals surface area contributed by atoms with Crippen LogP contribution in [0.3, 0.4) is 0 Å². The highest BCUT2D eigenvalue weighted by molar-refractivity contribution is 5.97. The van der Waals surface area contributed by atoms with Crippen LogP contribution in [-0.4, -0.2) is 41.0 Å². The Hall–Kier alpha value is -3.09. The lowest BCUT2D eigenvalue weighted by Gasteiger charge is -2.23. The van der Waals surface area contributed by atoms with E-state index in [2.05, 4.69) is 9.97 Å². The van der Waals surface area contributed by atoms with Gasteiger partial charge in [0, 0.05) is 7.05 Å². The number of rotatable bonds is 3. The summed E-state index contributed by atoms with van der Waals surface area (Å²) < 4.78 is 24.4. The summed E-state index contributed by atoms with van der Waals surface area (Å²) in [5, 5.41) is 0. The number of aromatic nitrogens is 2. The number of hydrogen-bond acceptors (Lipinski definition) is 4. The van der Waals surface area contributed by atoms with Crippen molar-refractivity contribution >= 4 is 16.9 Å². The summed E-state index contributed by atoms with van der Waals surface area (Å²) in [4.78, 5) is 21.7. The van der Waals surface area contributed by atoms with Crippen molar-refractivity contribution in [1.82, 2.24) is 14.9 Å². The van der Waals surface area contributed by atoms with E-state index in [4.69, 9.17) is 9.47 Å². The van der Waals surface area contributed by atoms with Gasteiger partial charge in [0.05, 0.1) is 23.1 Å². The van der Waals surface area contributed by atoms with Crippen LogP contribution < -0.4 is 9.47 Å². The number of aromatic amines is 1. The zero-order valence-electron chi connectivity index (χ0n) is 13.6. The predicted molar refractivity (Wildman–Crippen MR) is 89.3 cm³/mol. The molecular formula is C18H16FN3O3. The number of H-pyrrole nitrogens is 1. The van der Waals surface area contributed by atoms with Gasteiger partial charge in [0.25, 0.3) is 5.91 Å². The highest BCUT2D eigenvalue weighted by Gasteiger charge is 2.23. The molecule has 0 spiro atoms. The van der Waals surface area contributed by atoms with E-state index in [1.54, 1.807) is 31.3 Å². The molecule has 0 atom stereocenters. The number of hydrogen-bond donors (Lipinski definition) is 1. The van der Waals surface area contributed by atoms with E-state index >= 15 is 0 Å². The summed E-state index contributed by atoms with van der Waals surface area (Å²) in [6.45, 7) is 1.14. The van der Waals surface area contributed by atoms with Crippen LogP contribution in [0.1, 0.15) is 16.2 Å². The number of benzene rings is 2. The molecule has 3 aromatic rings. The van der Waals surface area contributed by atoms with Crippen LogP contribution in [0.15, 0.2) is 36.4 Å². The minimum absolute atomic E-state index is 0.200. The number of imidazole rings is 1. The third kappa shape index (κ3) is 2.88.